The summed E-state index contributed by atoms with van der Waals surface area (Å²) < 4.78 is 0. The lowest BCUT2D eigenvalue weighted by Crippen LogP contribution is -2.31. The van der Waals surface area contributed by atoms with E-state index in [4.69, 9.17) is 0 Å². The third-order valence-electron chi connectivity index (χ3n) is 2.95. The van der Waals surface area contributed by atoms with E-state index < -0.39 is 5.97 Å². The molecule has 0 atom stereocenters. The van der Waals surface area contributed by atoms with Crippen LogP contribution in [0.2, 0.25) is 0 Å². The first-order chi connectivity index (χ1) is 8.41. The molecule has 1 aliphatic rings. The van der Waals surface area contributed by atoms with Gasteiger partial charge in [-0.1, -0.05) is 6.07 Å². The van der Waals surface area contributed by atoms with E-state index in [1.165, 1.54) is 6.07 Å². The van der Waals surface area contributed by atoms with Crippen LogP contribution in [0.15, 0.2) is 12.1 Å². The third kappa shape index (κ3) is 1.88. The zero-order chi connectivity index (χ0) is 13.4. The number of aromatic carboxylic acids is 1. The van der Waals surface area contributed by atoms with Gasteiger partial charge in [-0.25, -0.2) is 9.69 Å². The Bertz CT molecular complexity index is 546. The number of carbonyl (C=O) groups is 3. The lowest BCUT2D eigenvalue weighted by Gasteiger charge is -2.19. The second kappa shape index (κ2) is 4.25. The molecule has 2 amide bonds. The number of carboxylic acid groups (broad SMARTS) is 1. The summed E-state index contributed by atoms with van der Waals surface area (Å²) >= 11 is 0. The number of anilines is 1. The molecular formula is C13H13NO4. The maximum atomic E-state index is 11.7. The molecule has 94 valence electrons. The maximum absolute atomic E-state index is 11.7. The monoisotopic (exact) mass is 247 g/mol. The van der Waals surface area contributed by atoms with Crippen LogP contribution in [0.4, 0.5) is 5.69 Å². The molecule has 0 unspecified atom stereocenters. The molecular weight excluding hydrogens is 234 g/mol. The van der Waals surface area contributed by atoms with Gasteiger partial charge < -0.3 is 5.11 Å². The highest BCUT2D eigenvalue weighted by atomic mass is 16.4. The van der Waals surface area contributed by atoms with E-state index in [0.29, 0.717) is 5.56 Å². The quantitative estimate of drug-likeness (QED) is 0.806. The predicted octanol–water partition coefficient (Wildman–Crippen LogP) is 1.66. The van der Waals surface area contributed by atoms with Gasteiger partial charge in [-0.3, -0.25) is 9.59 Å². The summed E-state index contributed by atoms with van der Waals surface area (Å²) in [6, 6.07) is 3.24. The van der Waals surface area contributed by atoms with Gasteiger partial charge in [-0.2, -0.15) is 0 Å². The molecule has 0 aromatic heterocycles. The van der Waals surface area contributed by atoms with E-state index in [-0.39, 0.29) is 35.9 Å². The zero-order valence-corrected chi connectivity index (χ0v) is 10.2. The smallest absolute Gasteiger partial charge is 0.337 e. The Kier molecular flexibility index (Phi) is 2.90. The molecule has 0 bridgehead atoms. The average molecular weight is 247 g/mol. The maximum Gasteiger partial charge on any atom is 0.337 e. The SMILES string of the molecule is Cc1cc(C)c(N2C(=O)CCC2=O)c(C(=O)O)c1. The number of carbonyl (C=O) groups excluding carboxylic acids is 2. The van der Waals surface area contributed by atoms with Crippen molar-refractivity contribution in [1.29, 1.82) is 0 Å². The van der Waals surface area contributed by atoms with Crippen LogP contribution < -0.4 is 4.90 Å². The largest absolute Gasteiger partial charge is 0.478 e. The lowest BCUT2D eigenvalue weighted by molar-refractivity contribution is -0.121. The molecule has 1 heterocycles. The summed E-state index contributed by atoms with van der Waals surface area (Å²) in [5.41, 5.74) is 1.61. The average Bonchev–Trinajstić information content (AvgIpc) is 2.58. The fourth-order valence-electron chi connectivity index (χ4n) is 2.25. The van der Waals surface area contributed by atoms with E-state index >= 15 is 0 Å². The van der Waals surface area contributed by atoms with Gasteiger partial charge in [0.05, 0.1) is 11.3 Å². The van der Waals surface area contributed by atoms with Crippen molar-refractivity contribution < 1.29 is 19.5 Å². The molecule has 1 aromatic rings. The molecule has 2 rings (SSSR count). The summed E-state index contributed by atoms with van der Waals surface area (Å²) in [4.78, 5) is 35.7. The number of rotatable bonds is 2. The topological polar surface area (TPSA) is 74.7 Å². The molecule has 1 aliphatic heterocycles. The van der Waals surface area contributed by atoms with Crippen molar-refractivity contribution in [1.82, 2.24) is 0 Å². The second-order valence-electron chi connectivity index (χ2n) is 4.41. The highest BCUT2D eigenvalue weighted by molar-refractivity contribution is 6.22. The van der Waals surface area contributed by atoms with Gasteiger partial charge in [-0.15, -0.1) is 0 Å². The summed E-state index contributed by atoms with van der Waals surface area (Å²) in [5, 5.41) is 9.20. The van der Waals surface area contributed by atoms with Crippen molar-refractivity contribution in [3.63, 3.8) is 0 Å². The standard InChI is InChI=1S/C13H13NO4/c1-7-5-8(2)12(9(6-7)13(17)18)14-10(15)3-4-11(14)16/h5-6H,3-4H2,1-2H3,(H,17,18). The van der Waals surface area contributed by atoms with Crippen molar-refractivity contribution in [3.05, 3.63) is 28.8 Å². The Morgan fingerprint density at radius 2 is 1.72 bits per heavy atom. The fraction of sp³-hybridized carbons (Fsp3) is 0.308. The fourth-order valence-corrected chi connectivity index (χ4v) is 2.25. The van der Waals surface area contributed by atoms with Crippen LogP contribution in [-0.4, -0.2) is 22.9 Å². The molecule has 1 saturated heterocycles. The van der Waals surface area contributed by atoms with E-state index in [2.05, 4.69) is 0 Å². The molecule has 18 heavy (non-hydrogen) atoms. The minimum Gasteiger partial charge on any atom is -0.478 e. The lowest BCUT2D eigenvalue weighted by atomic mass is 10.0. The summed E-state index contributed by atoms with van der Waals surface area (Å²) in [5.74, 6) is -1.81. The number of hydrogen-bond acceptors (Lipinski definition) is 3. The van der Waals surface area contributed by atoms with Crippen LogP contribution in [0, 0.1) is 13.8 Å². The first kappa shape index (κ1) is 12.3. The molecule has 0 radical (unpaired) electrons. The van der Waals surface area contributed by atoms with Crippen LogP contribution in [0.5, 0.6) is 0 Å². The van der Waals surface area contributed by atoms with Crippen molar-refractivity contribution >= 4 is 23.5 Å². The van der Waals surface area contributed by atoms with Gasteiger partial charge in [0.25, 0.3) is 0 Å². The molecule has 5 nitrogen and oxygen atoms in total. The highest BCUT2D eigenvalue weighted by Crippen LogP contribution is 2.31. The number of benzene rings is 1. The molecule has 1 fully saturated rings. The summed E-state index contributed by atoms with van der Waals surface area (Å²) in [6.07, 6.45) is 0.288. The number of aryl methyl sites for hydroxylation is 2. The van der Waals surface area contributed by atoms with Gasteiger partial charge in [0.2, 0.25) is 11.8 Å². The number of amides is 2. The van der Waals surface area contributed by atoms with Gasteiger partial charge in [0.1, 0.15) is 0 Å². The Morgan fingerprint density at radius 3 is 2.22 bits per heavy atom. The number of imide groups is 1. The van der Waals surface area contributed by atoms with E-state index in [1.54, 1.807) is 19.9 Å². The Balaban J connectivity index is 2.66. The van der Waals surface area contributed by atoms with Crippen LogP contribution in [0.25, 0.3) is 0 Å². The van der Waals surface area contributed by atoms with Gasteiger partial charge in [-0.05, 0) is 31.0 Å². The van der Waals surface area contributed by atoms with Crippen molar-refractivity contribution in [2.45, 2.75) is 26.7 Å². The molecule has 0 spiro atoms. The molecule has 0 aliphatic carbocycles. The number of hydrogen-bond donors (Lipinski definition) is 1. The van der Waals surface area contributed by atoms with Crippen LogP contribution in [-0.2, 0) is 9.59 Å². The van der Waals surface area contributed by atoms with Crippen LogP contribution in [0.3, 0.4) is 0 Å². The zero-order valence-electron chi connectivity index (χ0n) is 10.2. The highest BCUT2D eigenvalue weighted by Gasteiger charge is 2.34. The van der Waals surface area contributed by atoms with E-state index in [0.717, 1.165) is 10.5 Å². The predicted molar refractivity (Wildman–Crippen MR) is 64.6 cm³/mol. The normalized spacial score (nSPS) is 15.3. The summed E-state index contributed by atoms with van der Waals surface area (Å²) in [7, 11) is 0. The van der Waals surface area contributed by atoms with Crippen LogP contribution in [0.1, 0.15) is 34.3 Å². The second-order valence-corrected chi connectivity index (χ2v) is 4.41. The van der Waals surface area contributed by atoms with Crippen LogP contribution >= 0.6 is 0 Å². The number of carboxylic acids is 1. The van der Waals surface area contributed by atoms with Crippen molar-refractivity contribution in [3.8, 4) is 0 Å². The number of nitrogens with zero attached hydrogens (tertiary/aromatic N) is 1. The van der Waals surface area contributed by atoms with Crippen molar-refractivity contribution in [2.75, 3.05) is 4.90 Å². The molecule has 1 aromatic carbocycles. The molecule has 0 saturated carbocycles. The van der Waals surface area contributed by atoms with Gasteiger partial charge in [0.15, 0.2) is 0 Å². The minimum atomic E-state index is -1.13. The van der Waals surface area contributed by atoms with Crippen molar-refractivity contribution in [2.24, 2.45) is 0 Å². The van der Waals surface area contributed by atoms with Gasteiger partial charge in [0, 0.05) is 12.8 Å². The third-order valence-corrected chi connectivity index (χ3v) is 2.95. The minimum absolute atomic E-state index is 0.00361. The Hall–Kier alpha value is -2.17. The summed E-state index contributed by atoms with van der Waals surface area (Å²) in [6.45, 7) is 3.48. The first-order valence-electron chi connectivity index (χ1n) is 5.62. The van der Waals surface area contributed by atoms with Gasteiger partial charge >= 0.3 is 5.97 Å². The Labute approximate surface area is 104 Å². The Morgan fingerprint density at radius 1 is 1.17 bits per heavy atom. The first-order valence-corrected chi connectivity index (χ1v) is 5.62. The molecule has 5 heteroatoms. The molecule has 1 N–H and O–H groups in total. The van der Waals surface area contributed by atoms with E-state index in [1.807, 2.05) is 0 Å². The van der Waals surface area contributed by atoms with E-state index in [9.17, 15) is 19.5 Å².